The third-order valence-corrected chi connectivity index (χ3v) is 5.42. The predicted octanol–water partition coefficient (Wildman–Crippen LogP) is 3.26. The van der Waals surface area contributed by atoms with Crippen LogP contribution in [0.3, 0.4) is 0 Å². The molecule has 1 aromatic carbocycles. The number of hydrogen-bond acceptors (Lipinski definition) is 5. The van der Waals surface area contributed by atoms with Crippen molar-refractivity contribution >= 4 is 18.2 Å². The van der Waals surface area contributed by atoms with Crippen molar-refractivity contribution in [1.82, 2.24) is 19.2 Å². The van der Waals surface area contributed by atoms with Gasteiger partial charge < -0.3 is 4.74 Å². The van der Waals surface area contributed by atoms with E-state index in [-0.39, 0.29) is 17.9 Å². The van der Waals surface area contributed by atoms with E-state index in [9.17, 15) is 4.79 Å². The molecule has 1 atom stereocenters. The summed E-state index contributed by atoms with van der Waals surface area (Å²) in [5.41, 5.74) is 1.21. The van der Waals surface area contributed by atoms with Gasteiger partial charge in [0.1, 0.15) is 6.33 Å². The highest BCUT2D eigenvalue weighted by molar-refractivity contribution is 7.71. The molecule has 1 fully saturated rings. The van der Waals surface area contributed by atoms with Crippen LogP contribution in [0, 0.1) is 10.7 Å². The second-order valence-corrected chi connectivity index (χ2v) is 7.06. The average Bonchev–Trinajstić information content (AvgIpc) is 3.03. The summed E-state index contributed by atoms with van der Waals surface area (Å²) in [6.07, 6.45) is 3.46. The quantitative estimate of drug-likeness (QED) is 0.574. The van der Waals surface area contributed by atoms with Gasteiger partial charge in [-0.2, -0.15) is 5.10 Å². The molecular formula is C19H26N4O2S. The molecule has 0 aliphatic carbocycles. The molecule has 140 valence electrons. The molecule has 1 aromatic heterocycles. The lowest BCUT2D eigenvalue weighted by Gasteiger charge is -2.30. The van der Waals surface area contributed by atoms with Gasteiger partial charge in [-0.25, -0.2) is 4.68 Å². The van der Waals surface area contributed by atoms with E-state index in [1.165, 1.54) is 5.56 Å². The van der Waals surface area contributed by atoms with Gasteiger partial charge in [-0.1, -0.05) is 30.3 Å². The summed E-state index contributed by atoms with van der Waals surface area (Å²) in [7, 11) is 0. The van der Waals surface area contributed by atoms with Gasteiger partial charge >= 0.3 is 5.97 Å². The Balaban J connectivity index is 1.61. The molecule has 2 heterocycles. The van der Waals surface area contributed by atoms with Crippen LogP contribution >= 0.6 is 12.2 Å². The molecular weight excluding hydrogens is 348 g/mol. The molecule has 6 nitrogen and oxygen atoms in total. The minimum atomic E-state index is -0.0651. The van der Waals surface area contributed by atoms with Crippen molar-refractivity contribution in [1.29, 1.82) is 0 Å². The van der Waals surface area contributed by atoms with Crippen LogP contribution in [-0.2, 0) is 16.2 Å². The van der Waals surface area contributed by atoms with Crippen molar-refractivity contribution in [2.24, 2.45) is 5.92 Å². The Morgan fingerprint density at radius 2 is 2.00 bits per heavy atom. The Morgan fingerprint density at radius 3 is 2.65 bits per heavy atom. The number of likely N-dealkylation sites (tertiary alicyclic amines) is 1. The Labute approximate surface area is 159 Å². The van der Waals surface area contributed by atoms with Crippen LogP contribution in [0.2, 0.25) is 0 Å². The van der Waals surface area contributed by atoms with Crippen molar-refractivity contribution in [3.8, 4) is 0 Å². The van der Waals surface area contributed by atoms with Gasteiger partial charge in [-0.05, 0) is 44.5 Å². The van der Waals surface area contributed by atoms with Crippen LogP contribution in [0.25, 0.3) is 0 Å². The molecule has 0 N–H and O–H groups in total. The maximum Gasteiger partial charge on any atom is 0.309 e. The lowest BCUT2D eigenvalue weighted by atomic mass is 9.97. The fraction of sp³-hybridized carbons (Fsp3) is 0.526. The maximum absolute atomic E-state index is 11.9. The van der Waals surface area contributed by atoms with E-state index in [4.69, 9.17) is 17.0 Å². The van der Waals surface area contributed by atoms with Crippen LogP contribution in [0.15, 0.2) is 36.7 Å². The zero-order chi connectivity index (χ0) is 18.5. The highest BCUT2D eigenvalue weighted by Crippen LogP contribution is 2.20. The number of rotatable bonds is 6. The first-order valence-electron chi connectivity index (χ1n) is 9.18. The molecule has 0 saturated carbocycles. The number of aromatic nitrogens is 3. The Bertz CT molecular complexity index is 778. The first kappa shape index (κ1) is 18.8. The van der Waals surface area contributed by atoms with Crippen LogP contribution in [0.4, 0.5) is 0 Å². The topological polar surface area (TPSA) is 52.3 Å². The summed E-state index contributed by atoms with van der Waals surface area (Å²) < 4.78 is 9.73. The minimum Gasteiger partial charge on any atom is -0.466 e. The fourth-order valence-corrected chi connectivity index (χ4v) is 3.67. The minimum absolute atomic E-state index is 0.0230. The van der Waals surface area contributed by atoms with Gasteiger partial charge in [-0.15, -0.1) is 0 Å². The largest absolute Gasteiger partial charge is 0.466 e. The summed E-state index contributed by atoms with van der Waals surface area (Å²) in [6.45, 7) is 6.79. The summed E-state index contributed by atoms with van der Waals surface area (Å²) in [5.74, 6) is -0.0421. The smallest absolute Gasteiger partial charge is 0.309 e. The summed E-state index contributed by atoms with van der Waals surface area (Å²) in [6, 6.07) is 10.4. The molecule has 1 saturated heterocycles. The zero-order valence-electron chi connectivity index (χ0n) is 15.4. The van der Waals surface area contributed by atoms with E-state index < -0.39 is 0 Å². The molecule has 26 heavy (non-hydrogen) atoms. The van der Waals surface area contributed by atoms with Gasteiger partial charge in [0.2, 0.25) is 0 Å². The number of carbonyl (C=O) groups excluding carboxylic acids is 1. The number of piperidine rings is 1. The van der Waals surface area contributed by atoms with E-state index in [1.807, 2.05) is 40.7 Å². The number of hydrogen-bond donors (Lipinski definition) is 0. The molecule has 2 aromatic rings. The molecule has 0 spiro atoms. The molecule has 7 heteroatoms. The van der Waals surface area contributed by atoms with Gasteiger partial charge in [0, 0.05) is 13.1 Å². The van der Waals surface area contributed by atoms with Crippen LogP contribution in [-0.4, -0.2) is 44.9 Å². The third kappa shape index (κ3) is 4.22. The highest BCUT2D eigenvalue weighted by atomic mass is 32.1. The standard InChI is InChI=1S/C19H26N4O2S/c1-3-25-18(24)17-9-11-21(12-10-17)14-23-19(26)22(13-20-23)15(2)16-7-5-4-6-8-16/h4-8,13,15,17H,3,9-12,14H2,1-2H3/t15-/m1/s1. The van der Waals surface area contributed by atoms with Crippen LogP contribution in [0.1, 0.15) is 38.3 Å². The lowest BCUT2D eigenvalue weighted by molar-refractivity contribution is -0.149. The van der Waals surface area contributed by atoms with E-state index >= 15 is 0 Å². The summed E-state index contributed by atoms with van der Waals surface area (Å²) in [4.78, 5) is 14.1. The van der Waals surface area contributed by atoms with Gasteiger partial charge in [0.15, 0.2) is 4.77 Å². The molecule has 1 aliphatic heterocycles. The van der Waals surface area contributed by atoms with Crippen molar-refractivity contribution in [3.63, 3.8) is 0 Å². The summed E-state index contributed by atoms with van der Waals surface area (Å²) >= 11 is 5.63. The third-order valence-electron chi connectivity index (χ3n) is 5.00. The Morgan fingerprint density at radius 1 is 1.31 bits per heavy atom. The highest BCUT2D eigenvalue weighted by Gasteiger charge is 2.26. The lowest BCUT2D eigenvalue weighted by Crippen LogP contribution is -2.38. The Kier molecular flexibility index (Phi) is 6.21. The second-order valence-electron chi connectivity index (χ2n) is 6.69. The molecule has 0 amide bonds. The Hall–Kier alpha value is -1.99. The van der Waals surface area contributed by atoms with Crippen molar-refractivity contribution in [2.75, 3.05) is 19.7 Å². The van der Waals surface area contributed by atoms with Crippen molar-refractivity contribution < 1.29 is 9.53 Å². The number of nitrogens with zero attached hydrogens (tertiary/aromatic N) is 4. The fourth-order valence-electron chi connectivity index (χ4n) is 3.36. The monoisotopic (exact) mass is 374 g/mol. The van der Waals surface area contributed by atoms with Crippen LogP contribution in [0.5, 0.6) is 0 Å². The molecule has 1 aliphatic rings. The van der Waals surface area contributed by atoms with E-state index in [0.717, 1.165) is 25.9 Å². The van der Waals surface area contributed by atoms with Crippen molar-refractivity contribution in [3.05, 3.63) is 47.0 Å². The van der Waals surface area contributed by atoms with Gasteiger partial charge in [0.25, 0.3) is 0 Å². The number of ether oxygens (including phenoxy) is 1. The number of benzene rings is 1. The summed E-state index contributed by atoms with van der Waals surface area (Å²) in [5, 5.41) is 4.48. The molecule has 0 unspecified atom stereocenters. The van der Waals surface area contributed by atoms with Gasteiger partial charge in [-0.3, -0.25) is 14.3 Å². The van der Waals surface area contributed by atoms with E-state index in [1.54, 1.807) is 0 Å². The number of carbonyl (C=O) groups is 1. The average molecular weight is 375 g/mol. The van der Waals surface area contributed by atoms with Gasteiger partial charge in [0.05, 0.1) is 25.2 Å². The van der Waals surface area contributed by atoms with Crippen molar-refractivity contribution in [2.45, 2.75) is 39.4 Å². The molecule has 0 bridgehead atoms. The maximum atomic E-state index is 11.9. The van der Waals surface area contributed by atoms with Crippen LogP contribution < -0.4 is 0 Å². The number of esters is 1. The first-order valence-corrected chi connectivity index (χ1v) is 9.59. The second kappa shape index (κ2) is 8.60. The zero-order valence-corrected chi connectivity index (χ0v) is 16.2. The molecule has 0 radical (unpaired) electrons. The van der Waals surface area contributed by atoms with E-state index in [0.29, 0.717) is 18.0 Å². The predicted molar refractivity (Wildman–Crippen MR) is 102 cm³/mol. The normalized spacial score (nSPS) is 17.2. The SMILES string of the molecule is CCOC(=O)C1CCN(Cn2ncn([C@H](C)c3ccccc3)c2=S)CC1. The first-order chi connectivity index (χ1) is 12.6. The molecule has 3 rings (SSSR count). The van der Waals surface area contributed by atoms with E-state index in [2.05, 4.69) is 29.1 Å².